The molecule has 1 aromatic carbocycles. The second-order valence-corrected chi connectivity index (χ2v) is 6.11. The summed E-state index contributed by atoms with van der Waals surface area (Å²) in [6, 6.07) is 9.40. The van der Waals surface area contributed by atoms with Gasteiger partial charge in [-0.25, -0.2) is 0 Å². The number of nitrogens with zero attached hydrogens (tertiary/aromatic N) is 3. The predicted molar refractivity (Wildman–Crippen MR) is 83.9 cm³/mol. The molecule has 0 aliphatic carbocycles. The Balaban J connectivity index is 1.68. The van der Waals surface area contributed by atoms with Gasteiger partial charge in [0.05, 0.1) is 22.9 Å². The maximum absolute atomic E-state index is 6.01. The van der Waals surface area contributed by atoms with E-state index in [1.54, 1.807) is 30.4 Å². The second-order valence-electron chi connectivity index (χ2n) is 4.36. The van der Waals surface area contributed by atoms with Crippen LogP contribution in [0.4, 0.5) is 0 Å². The summed E-state index contributed by atoms with van der Waals surface area (Å²) in [6.45, 7) is 0.615. The molecule has 0 amide bonds. The SMILES string of the molecule is Clc1ccc(CSc2nncn2Cc2ccco2)cc1Cl. The third-order valence-electron chi connectivity index (χ3n) is 2.84. The molecule has 0 saturated heterocycles. The van der Waals surface area contributed by atoms with Gasteiger partial charge < -0.3 is 8.98 Å². The minimum absolute atomic E-state index is 0.561. The largest absolute Gasteiger partial charge is 0.467 e. The van der Waals surface area contributed by atoms with Gasteiger partial charge in [-0.3, -0.25) is 0 Å². The Morgan fingerprint density at radius 3 is 2.86 bits per heavy atom. The van der Waals surface area contributed by atoms with E-state index in [-0.39, 0.29) is 0 Å². The molecular formula is C14H11Cl2N3OS. The van der Waals surface area contributed by atoms with Crippen LogP contribution in [0.1, 0.15) is 11.3 Å². The van der Waals surface area contributed by atoms with Crippen molar-refractivity contribution in [1.29, 1.82) is 0 Å². The lowest BCUT2D eigenvalue weighted by molar-refractivity contribution is 0.484. The molecule has 0 N–H and O–H groups in total. The standard InChI is InChI=1S/C14H11Cl2N3OS/c15-12-4-3-10(6-13(12)16)8-21-14-18-17-9-19(14)7-11-2-1-5-20-11/h1-6,9H,7-8H2. The van der Waals surface area contributed by atoms with Gasteiger partial charge in [-0.15, -0.1) is 10.2 Å². The minimum Gasteiger partial charge on any atom is -0.467 e. The predicted octanol–water partition coefficient (Wildman–Crippen LogP) is 4.52. The molecule has 7 heteroatoms. The molecule has 0 aliphatic rings. The van der Waals surface area contributed by atoms with Gasteiger partial charge in [-0.1, -0.05) is 41.0 Å². The van der Waals surface area contributed by atoms with E-state index in [4.69, 9.17) is 27.6 Å². The molecule has 0 unspecified atom stereocenters. The Morgan fingerprint density at radius 1 is 1.19 bits per heavy atom. The van der Waals surface area contributed by atoms with Crippen LogP contribution in [-0.4, -0.2) is 14.8 Å². The summed E-state index contributed by atoms with van der Waals surface area (Å²) < 4.78 is 7.28. The van der Waals surface area contributed by atoms with Crippen molar-refractivity contribution in [1.82, 2.24) is 14.8 Å². The van der Waals surface area contributed by atoms with Gasteiger partial charge in [-0.05, 0) is 29.8 Å². The second kappa shape index (κ2) is 6.56. The molecule has 21 heavy (non-hydrogen) atoms. The van der Waals surface area contributed by atoms with E-state index in [1.165, 1.54) is 0 Å². The first-order chi connectivity index (χ1) is 10.2. The van der Waals surface area contributed by atoms with E-state index in [2.05, 4.69) is 10.2 Å². The van der Waals surface area contributed by atoms with Gasteiger partial charge in [0.2, 0.25) is 0 Å². The zero-order chi connectivity index (χ0) is 14.7. The van der Waals surface area contributed by atoms with Crippen LogP contribution in [0.5, 0.6) is 0 Å². The first kappa shape index (κ1) is 14.5. The van der Waals surface area contributed by atoms with Crippen LogP contribution in [0.15, 0.2) is 52.5 Å². The highest BCUT2D eigenvalue weighted by Crippen LogP contribution is 2.27. The van der Waals surface area contributed by atoms with E-state index in [9.17, 15) is 0 Å². The fraction of sp³-hybridized carbons (Fsp3) is 0.143. The maximum Gasteiger partial charge on any atom is 0.191 e. The Bertz CT molecular complexity index is 728. The fourth-order valence-electron chi connectivity index (χ4n) is 1.81. The van der Waals surface area contributed by atoms with Crippen molar-refractivity contribution in [2.75, 3.05) is 0 Å². The van der Waals surface area contributed by atoms with Gasteiger partial charge in [0, 0.05) is 5.75 Å². The van der Waals surface area contributed by atoms with Gasteiger partial charge in [0.1, 0.15) is 12.1 Å². The van der Waals surface area contributed by atoms with Gasteiger partial charge in [-0.2, -0.15) is 0 Å². The van der Waals surface area contributed by atoms with Crippen molar-refractivity contribution in [2.45, 2.75) is 17.5 Å². The van der Waals surface area contributed by atoms with E-state index in [0.29, 0.717) is 16.6 Å². The lowest BCUT2D eigenvalue weighted by atomic mass is 10.2. The van der Waals surface area contributed by atoms with Crippen LogP contribution in [0.3, 0.4) is 0 Å². The lowest BCUT2D eigenvalue weighted by Crippen LogP contribution is -1.99. The number of hydrogen-bond acceptors (Lipinski definition) is 4. The summed E-state index contributed by atoms with van der Waals surface area (Å²) >= 11 is 13.5. The van der Waals surface area contributed by atoms with Gasteiger partial charge in [0.25, 0.3) is 0 Å². The summed E-state index contributed by atoms with van der Waals surface area (Å²) in [7, 11) is 0. The van der Waals surface area contributed by atoms with Crippen molar-refractivity contribution < 1.29 is 4.42 Å². The molecule has 2 heterocycles. The van der Waals surface area contributed by atoms with Gasteiger partial charge in [0.15, 0.2) is 5.16 Å². The van der Waals surface area contributed by atoms with Crippen LogP contribution < -0.4 is 0 Å². The molecule has 0 fully saturated rings. The summed E-state index contributed by atoms with van der Waals surface area (Å²) in [5.74, 6) is 1.61. The summed E-state index contributed by atoms with van der Waals surface area (Å²) in [5, 5.41) is 10.0. The van der Waals surface area contributed by atoms with E-state index >= 15 is 0 Å². The maximum atomic E-state index is 6.01. The summed E-state index contributed by atoms with van der Waals surface area (Å²) in [4.78, 5) is 0. The number of rotatable bonds is 5. The minimum atomic E-state index is 0.561. The van der Waals surface area contributed by atoms with Crippen molar-refractivity contribution >= 4 is 35.0 Å². The molecule has 0 spiro atoms. The number of aromatic nitrogens is 3. The van der Waals surface area contributed by atoms with Crippen molar-refractivity contribution in [2.24, 2.45) is 0 Å². The molecule has 0 radical (unpaired) electrons. The molecule has 2 aromatic heterocycles. The highest BCUT2D eigenvalue weighted by atomic mass is 35.5. The normalized spacial score (nSPS) is 11.0. The number of halogens is 2. The average Bonchev–Trinajstić information content (AvgIpc) is 3.13. The van der Waals surface area contributed by atoms with Crippen LogP contribution in [0.2, 0.25) is 10.0 Å². The van der Waals surface area contributed by atoms with Crippen LogP contribution in [0.25, 0.3) is 0 Å². The summed E-state index contributed by atoms with van der Waals surface area (Å²) in [6.07, 6.45) is 3.35. The molecule has 0 aliphatic heterocycles. The zero-order valence-electron chi connectivity index (χ0n) is 10.9. The molecule has 4 nitrogen and oxygen atoms in total. The average molecular weight is 340 g/mol. The fourth-order valence-corrected chi connectivity index (χ4v) is 2.99. The van der Waals surface area contributed by atoms with Crippen LogP contribution in [0, 0.1) is 0 Å². The zero-order valence-corrected chi connectivity index (χ0v) is 13.2. The molecule has 0 atom stereocenters. The number of furan rings is 1. The smallest absolute Gasteiger partial charge is 0.191 e. The molecule has 0 bridgehead atoms. The Kier molecular flexibility index (Phi) is 4.53. The number of thioether (sulfide) groups is 1. The molecule has 108 valence electrons. The molecular weight excluding hydrogens is 329 g/mol. The third-order valence-corrected chi connectivity index (χ3v) is 4.63. The number of hydrogen-bond donors (Lipinski definition) is 0. The van der Waals surface area contributed by atoms with E-state index in [1.807, 2.05) is 28.8 Å². The lowest BCUT2D eigenvalue weighted by Gasteiger charge is -2.05. The Hall–Kier alpha value is -1.43. The molecule has 3 rings (SSSR count). The molecule has 0 saturated carbocycles. The first-order valence-electron chi connectivity index (χ1n) is 6.19. The van der Waals surface area contributed by atoms with E-state index in [0.717, 1.165) is 22.2 Å². The van der Waals surface area contributed by atoms with Crippen LogP contribution >= 0.6 is 35.0 Å². The van der Waals surface area contributed by atoms with Crippen LogP contribution in [-0.2, 0) is 12.3 Å². The van der Waals surface area contributed by atoms with E-state index < -0.39 is 0 Å². The Morgan fingerprint density at radius 2 is 2.10 bits per heavy atom. The van der Waals surface area contributed by atoms with Crippen molar-refractivity contribution in [3.05, 3.63) is 64.3 Å². The van der Waals surface area contributed by atoms with Crippen molar-refractivity contribution in [3.63, 3.8) is 0 Å². The Labute approximate surface area is 136 Å². The number of benzene rings is 1. The molecule has 3 aromatic rings. The highest BCUT2D eigenvalue weighted by Gasteiger charge is 2.08. The van der Waals surface area contributed by atoms with Gasteiger partial charge >= 0.3 is 0 Å². The third kappa shape index (κ3) is 3.61. The van der Waals surface area contributed by atoms with Crippen molar-refractivity contribution in [3.8, 4) is 0 Å². The topological polar surface area (TPSA) is 43.9 Å². The first-order valence-corrected chi connectivity index (χ1v) is 7.93. The highest BCUT2D eigenvalue weighted by molar-refractivity contribution is 7.98. The quantitative estimate of drug-likeness (QED) is 0.641. The monoisotopic (exact) mass is 339 g/mol. The summed E-state index contributed by atoms with van der Waals surface area (Å²) in [5.41, 5.74) is 1.09.